The zero-order valence-electron chi connectivity index (χ0n) is 13.5. The van der Waals surface area contributed by atoms with Gasteiger partial charge in [0, 0.05) is 6.66 Å². The van der Waals surface area contributed by atoms with Crippen LogP contribution in [0.1, 0.15) is 40.0 Å². The van der Waals surface area contributed by atoms with Crippen LogP contribution in [-0.4, -0.2) is 12.8 Å². The van der Waals surface area contributed by atoms with Gasteiger partial charge in [-0.1, -0.05) is 45.4 Å². The molecule has 118 valence electrons. The van der Waals surface area contributed by atoms with Gasteiger partial charge in [0.05, 0.1) is 6.10 Å². The highest BCUT2D eigenvalue weighted by molar-refractivity contribution is 7.53. The molecule has 0 saturated heterocycles. The van der Waals surface area contributed by atoms with Gasteiger partial charge in [-0.3, -0.25) is 4.52 Å². The molecule has 0 aromatic heterocycles. The van der Waals surface area contributed by atoms with E-state index in [2.05, 4.69) is 20.8 Å². The molecule has 1 aliphatic carbocycles. The third-order valence-electron chi connectivity index (χ3n) is 4.30. The Balaban J connectivity index is 2.04. The molecule has 1 saturated carbocycles. The van der Waals surface area contributed by atoms with Gasteiger partial charge >= 0.3 is 7.60 Å². The number of hydrogen-bond acceptors (Lipinski definition) is 3. The largest absolute Gasteiger partial charge is 0.425 e. The monoisotopic (exact) mass is 310 g/mol. The fraction of sp³-hybridized carbons (Fsp3) is 0.647. The second kappa shape index (κ2) is 6.98. The van der Waals surface area contributed by atoms with Crippen LogP contribution in [0.25, 0.3) is 0 Å². The Morgan fingerprint density at radius 2 is 1.86 bits per heavy atom. The second-order valence-electron chi connectivity index (χ2n) is 6.65. The normalized spacial score (nSPS) is 29.1. The van der Waals surface area contributed by atoms with E-state index in [0.717, 1.165) is 12.8 Å². The Labute approximate surface area is 128 Å². The molecule has 4 atom stereocenters. The average Bonchev–Trinajstić information content (AvgIpc) is 2.38. The number of benzene rings is 1. The van der Waals surface area contributed by atoms with Crippen LogP contribution < -0.4 is 4.52 Å². The lowest BCUT2D eigenvalue weighted by atomic mass is 9.75. The summed E-state index contributed by atoms with van der Waals surface area (Å²) in [6.45, 7) is 8.26. The van der Waals surface area contributed by atoms with Crippen LogP contribution in [-0.2, 0) is 9.09 Å². The standard InChI is InChI=1S/C17H27O3P/c1-13(2)16-11-10-14(3)12-17(16)20-21(4,18)19-15-8-6-5-7-9-15/h5-9,13-14,16-17H,10-12H2,1-4H3. The van der Waals surface area contributed by atoms with Crippen molar-refractivity contribution in [2.45, 2.75) is 46.1 Å². The van der Waals surface area contributed by atoms with Gasteiger partial charge in [0.15, 0.2) is 0 Å². The van der Waals surface area contributed by atoms with Crippen molar-refractivity contribution < 1.29 is 13.6 Å². The first-order valence-electron chi connectivity index (χ1n) is 7.88. The Morgan fingerprint density at radius 3 is 2.48 bits per heavy atom. The topological polar surface area (TPSA) is 35.5 Å². The van der Waals surface area contributed by atoms with Crippen LogP contribution in [0.15, 0.2) is 30.3 Å². The molecule has 2 rings (SSSR count). The summed E-state index contributed by atoms with van der Waals surface area (Å²) in [5, 5.41) is 0. The summed E-state index contributed by atoms with van der Waals surface area (Å²) >= 11 is 0. The quantitative estimate of drug-likeness (QED) is 0.686. The Kier molecular flexibility index (Phi) is 5.51. The second-order valence-corrected chi connectivity index (χ2v) is 8.58. The minimum absolute atomic E-state index is 0.0355. The first-order valence-corrected chi connectivity index (χ1v) is 9.87. The maximum Gasteiger partial charge on any atom is 0.376 e. The summed E-state index contributed by atoms with van der Waals surface area (Å²) in [5.74, 6) is 2.24. The van der Waals surface area contributed by atoms with Gasteiger partial charge in [-0.15, -0.1) is 0 Å². The van der Waals surface area contributed by atoms with Crippen LogP contribution in [0, 0.1) is 17.8 Å². The van der Waals surface area contributed by atoms with E-state index in [0.29, 0.717) is 23.5 Å². The van der Waals surface area contributed by atoms with Crippen molar-refractivity contribution in [2.75, 3.05) is 6.66 Å². The molecule has 0 amide bonds. The summed E-state index contributed by atoms with van der Waals surface area (Å²) in [7, 11) is -3.09. The molecule has 1 aromatic rings. The summed E-state index contributed by atoms with van der Waals surface area (Å²) in [4.78, 5) is 0. The van der Waals surface area contributed by atoms with Gasteiger partial charge in [0.25, 0.3) is 0 Å². The van der Waals surface area contributed by atoms with E-state index in [1.165, 1.54) is 6.42 Å². The third kappa shape index (κ3) is 4.86. The van der Waals surface area contributed by atoms with E-state index in [4.69, 9.17) is 9.05 Å². The van der Waals surface area contributed by atoms with Gasteiger partial charge < -0.3 is 4.52 Å². The number of para-hydroxylation sites is 1. The van der Waals surface area contributed by atoms with Crippen molar-refractivity contribution in [1.82, 2.24) is 0 Å². The van der Waals surface area contributed by atoms with Crippen LogP contribution in [0.3, 0.4) is 0 Å². The van der Waals surface area contributed by atoms with E-state index >= 15 is 0 Å². The lowest BCUT2D eigenvalue weighted by Gasteiger charge is -2.37. The van der Waals surface area contributed by atoms with Crippen LogP contribution >= 0.6 is 7.60 Å². The molecular weight excluding hydrogens is 283 g/mol. The predicted molar refractivity (Wildman–Crippen MR) is 86.8 cm³/mol. The fourth-order valence-electron chi connectivity index (χ4n) is 3.18. The Hall–Kier alpha value is -0.790. The average molecular weight is 310 g/mol. The highest BCUT2D eigenvalue weighted by atomic mass is 31.2. The lowest BCUT2D eigenvalue weighted by Crippen LogP contribution is -2.33. The summed E-state index contributed by atoms with van der Waals surface area (Å²) in [5.41, 5.74) is 0. The zero-order valence-corrected chi connectivity index (χ0v) is 14.4. The van der Waals surface area contributed by atoms with Crippen molar-refractivity contribution in [3.8, 4) is 5.75 Å². The van der Waals surface area contributed by atoms with E-state index in [1.807, 2.05) is 30.3 Å². The van der Waals surface area contributed by atoms with Gasteiger partial charge in [-0.05, 0) is 42.7 Å². The number of hydrogen-bond donors (Lipinski definition) is 0. The van der Waals surface area contributed by atoms with Crippen LogP contribution in [0.2, 0.25) is 0 Å². The minimum Gasteiger partial charge on any atom is -0.425 e. The molecule has 4 unspecified atom stereocenters. The third-order valence-corrected chi connectivity index (χ3v) is 5.50. The first-order chi connectivity index (χ1) is 9.87. The van der Waals surface area contributed by atoms with E-state index < -0.39 is 7.60 Å². The van der Waals surface area contributed by atoms with E-state index in [-0.39, 0.29) is 6.10 Å². The predicted octanol–water partition coefficient (Wildman–Crippen LogP) is 5.37. The zero-order chi connectivity index (χ0) is 15.5. The van der Waals surface area contributed by atoms with Gasteiger partial charge in [0.1, 0.15) is 5.75 Å². The maximum atomic E-state index is 12.7. The van der Waals surface area contributed by atoms with Crippen molar-refractivity contribution >= 4 is 7.60 Å². The highest BCUT2D eigenvalue weighted by Crippen LogP contribution is 2.49. The van der Waals surface area contributed by atoms with Gasteiger partial charge in [-0.25, -0.2) is 4.57 Å². The Morgan fingerprint density at radius 1 is 1.19 bits per heavy atom. The molecule has 1 fully saturated rings. The van der Waals surface area contributed by atoms with Crippen molar-refractivity contribution in [1.29, 1.82) is 0 Å². The highest BCUT2D eigenvalue weighted by Gasteiger charge is 2.36. The molecule has 0 N–H and O–H groups in total. The van der Waals surface area contributed by atoms with Crippen LogP contribution in [0.4, 0.5) is 0 Å². The minimum atomic E-state index is -3.09. The van der Waals surface area contributed by atoms with Crippen LogP contribution in [0.5, 0.6) is 5.75 Å². The molecule has 1 aliphatic rings. The fourth-order valence-corrected chi connectivity index (χ4v) is 4.46. The molecule has 0 aliphatic heterocycles. The van der Waals surface area contributed by atoms with Gasteiger partial charge in [0.2, 0.25) is 0 Å². The van der Waals surface area contributed by atoms with Crippen molar-refractivity contribution in [3.05, 3.63) is 30.3 Å². The number of rotatable bonds is 5. The molecule has 0 heterocycles. The van der Waals surface area contributed by atoms with E-state index in [9.17, 15) is 4.57 Å². The van der Waals surface area contributed by atoms with Crippen molar-refractivity contribution in [2.24, 2.45) is 17.8 Å². The molecule has 0 bridgehead atoms. The summed E-state index contributed by atoms with van der Waals surface area (Å²) in [6.07, 6.45) is 3.39. The summed E-state index contributed by atoms with van der Waals surface area (Å²) < 4.78 is 24.2. The molecule has 0 radical (unpaired) electrons. The summed E-state index contributed by atoms with van der Waals surface area (Å²) in [6, 6.07) is 9.27. The molecular formula is C17H27O3P. The molecule has 1 aromatic carbocycles. The van der Waals surface area contributed by atoms with E-state index in [1.54, 1.807) is 6.66 Å². The Bertz CT molecular complexity index is 486. The smallest absolute Gasteiger partial charge is 0.376 e. The molecule has 21 heavy (non-hydrogen) atoms. The molecule has 0 spiro atoms. The van der Waals surface area contributed by atoms with Crippen molar-refractivity contribution in [3.63, 3.8) is 0 Å². The van der Waals surface area contributed by atoms with Gasteiger partial charge in [-0.2, -0.15) is 0 Å². The maximum absolute atomic E-state index is 12.7. The molecule has 3 nitrogen and oxygen atoms in total. The first kappa shape index (κ1) is 16.6. The SMILES string of the molecule is CC1CCC(C(C)C)C(OP(C)(=O)Oc2ccccc2)C1. The molecule has 4 heteroatoms. The lowest BCUT2D eigenvalue weighted by molar-refractivity contribution is 0.0403.